The van der Waals surface area contributed by atoms with Crippen LogP contribution in [-0.4, -0.2) is 31.9 Å². The highest BCUT2D eigenvalue weighted by molar-refractivity contribution is 5.78. The summed E-state index contributed by atoms with van der Waals surface area (Å²) in [6.07, 6.45) is 6.37. The number of carbonyl (C=O) groups is 3. The zero-order chi connectivity index (χ0) is 13.5. The Kier molecular flexibility index (Phi) is 12.6. The van der Waals surface area contributed by atoms with Gasteiger partial charge in [-0.1, -0.05) is 0 Å². The summed E-state index contributed by atoms with van der Waals surface area (Å²) in [4.78, 5) is 31.2. The highest BCUT2D eigenvalue weighted by Crippen LogP contribution is 2.07. The van der Waals surface area contributed by atoms with Crippen LogP contribution in [0.3, 0.4) is 0 Å². The molecule has 5 heteroatoms. The topological polar surface area (TPSA) is 69.7 Å². The molecule has 5 nitrogen and oxygen atoms in total. The Morgan fingerprint density at radius 3 is 1.56 bits per heavy atom. The maximum atomic E-state index is 11.4. The van der Waals surface area contributed by atoms with Crippen molar-refractivity contribution in [3.05, 3.63) is 0 Å². The van der Waals surface area contributed by atoms with E-state index in [9.17, 15) is 14.4 Å². The van der Waals surface area contributed by atoms with Crippen molar-refractivity contribution >= 4 is 18.7 Å². The van der Waals surface area contributed by atoms with E-state index in [0.29, 0.717) is 39.0 Å². The van der Waals surface area contributed by atoms with E-state index < -0.39 is 0 Å². The van der Waals surface area contributed by atoms with E-state index in [2.05, 4.69) is 9.47 Å². The van der Waals surface area contributed by atoms with Gasteiger partial charge in [0.25, 0.3) is 12.9 Å². The Labute approximate surface area is 108 Å². The molecule has 0 spiro atoms. The van der Waals surface area contributed by atoms with Gasteiger partial charge >= 0.3 is 0 Å². The zero-order valence-electron chi connectivity index (χ0n) is 10.8. The number of ketones is 1. The van der Waals surface area contributed by atoms with Crippen molar-refractivity contribution in [2.45, 2.75) is 51.4 Å². The van der Waals surface area contributed by atoms with Crippen LogP contribution in [0.15, 0.2) is 0 Å². The summed E-state index contributed by atoms with van der Waals surface area (Å²) >= 11 is 0. The van der Waals surface area contributed by atoms with Gasteiger partial charge in [-0.15, -0.1) is 0 Å². The Hall–Kier alpha value is -1.39. The van der Waals surface area contributed by atoms with Crippen molar-refractivity contribution in [3.8, 4) is 0 Å². The van der Waals surface area contributed by atoms with Gasteiger partial charge in [0.05, 0.1) is 13.2 Å². The van der Waals surface area contributed by atoms with Crippen molar-refractivity contribution in [2.24, 2.45) is 0 Å². The van der Waals surface area contributed by atoms with E-state index >= 15 is 0 Å². The molecular formula is C13H22O5. The summed E-state index contributed by atoms with van der Waals surface area (Å²) in [5.74, 6) is 0.280. The highest BCUT2D eigenvalue weighted by Gasteiger charge is 2.01. The second-order valence-corrected chi connectivity index (χ2v) is 4.09. The van der Waals surface area contributed by atoms with Crippen molar-refractivity contribution < 1.29 is 23.9 Å². The molecule has 0 N–H and O–H groups in total. The van der Waals surface area contributed by atoms with Gasteiger partial charge in [-0.3, -0.25) is 14.4 Å². The van der Waals surface area contributed by atoms with Gasteiger partial charge in [0.1, 0.15) is 5.78 Å². The van der Waals surface area contributed by atoms with Gasteiger partial charge in [-0.2, -0.15) is 0 Å². The molecule has 104 valence electrons. The number of ether oxygens (including phenoxy) is 2. The molecular weight excluding hydrogens is 236 g/mol. The zero-order valence-corrected chi connectivity index (χ0v) is 10.8. The smallest absolute Gasteiger partial charge is 0.293 e. The van der Waals surface area contributed by atoms with E-state index in [1.807, 2.05) is 0 Å². The molecule has 0 saturated carbocycles. The molecule has 0 bridgehead atoms. The number of carbonyl (C=O) groups excluding carboxylic acids is 3. The van der Waals surface area contributed by atoms with Crippen LogP contribution in [0.2, 0.25) is 0 Å². The molecule has 0 aromatic heterocycles. The predicted octanol–water partition coefficient (Wildman–Crippen LogP) is 2.02. The maximum absolute atomic E-state index is 11.4. The van der Waals surface area contributed by atoms with Gasteiger partial charge in [0.2, 0.25) is 0 Å². The van der Waals surface area contributed by atoms with Crippen molar-refractivity contribution in [2.75, 3.05) is 13.2 Å². The number of hydrogen-bond donors (Lipinski definition) is 0. The van der Waals surface area contributed by atoms with E-state index in [1.54, 1.807) is 0 Å². The van der Waals surface area contributed by atoms with E-state index in [1.165, 1.54) is 0 Å². The van der Waals surface area contributed by atoms with Gasteiger partial charge in [0, 0.05) is 12.8 Å². The summed E-state index contributed by atoms with van der Waals surface area (Å²) in [6.45, 7) is 1.77. The Balaban J connectivity index is 3.17. The SMILES string of the molecule is O=COCCCCCC(=O)CCCCCOC=O. The standard InChI is InChI=1S/C13H22O5/c14-11-17-9-5-1-3-7-13(16)8-4-2-6-10-18-12-15/h11-12H,1-10H2. The number of unbranched alkanes of at least 4 members (excludes halogenated alkanes) is 4. The monoisotopic (exact) mass is 258 g/mol. The average Bonchev–Trinajstić information content (AvgIpc) is 2.38. The van der Waals surface area contributed by atoms with Gasteiger partial charge < -0.3 is 9.47 Å². The molecule has 18 heavy (non-hydrogen) atoms. The molecule has 0 saturated heterocycles. The van der Waals surface area contributed by atoms with E-state index in [0.717, 1.165) is 38.5 Å². The first-order valence-corrected chi connectivity index (χ1v) is 6.43. The second kappa shape index (κ2) is 13.7. The van der Waals surface area contributed by atoms with Gasteiger partial charge in [-0.05, 0) is 38.5 Å². The van der Waals surface area contributed by atoms with Crippen molar-refractivity contribution in [3.63, 3.8) is 0 Å². The molecule has 0 fully saturated rings. The lowest BCUT2D eigenvalue weighted by Crippen LogP contribution is -1.99. The summed E-state index contributed by atoms with van der Waals surface area (Å²) in [5, 5.41) is 0. The fourth-order valence-corrected chi connectivity index (χ4v) is 1.59. The molecule has 0 atom stereocenters. The third-order valence-corrected chi connectivity index (χ3v) is 2.57. The third kappa shape index (κ3) is 12.7. The molecule has 0 aliphatic heterocycles. The number of rotatable bonds is 14. The third-order valence-electron chi connectivity index (χ3n) is 2.57. The minimum Gasteiger partial charge on any atom is -0.468 e. The minimum atomic E-state index is 0.280. The second-order valence-electron chi connectivity index (χ2n) is 4.09. The molecule has 0 heterocycles. The summed E-state index contributed by atoms with van der Waals surface area (Å²) in [5.41, 5.74) is 0. The van der Waals surface area contributed by atoms with E-state index in [4.69, 9.17) is 0 Å². The first-order chi connectivity index (χ1) is 8.81. The molecule has 0 amide bonds. The van der Waals surface area contributed by atoms with Crippen molar-refractivity contribution in [1.82, 2.24) is 0 Å². The maximum Gasteiger partial charge on any atom is 0.293 e. The lowest BCUT2D eigenvalue weighted by Gasteiger charge is -2.02. The molecule has 0 aliphatic rings. The van der Waals surface area contributed by atoms with Crippen LogP contribution in [0.1, 0.15) is 51.4 Å². The number of hydrogen-bond acceptors (Lipinski definition) is 5. The first-order valence-electron chi connectivity index (χ1n) is 6.43. The van der Waals surface area contributed by atoms with Crippen molar-refractivity contribution in [1.29, 1.82) is 0 Å². The number of Topliss-reactive ketones (excluding diaryl/α,β-unsaturated/α-hetero) is 1. The molecule has 0 aliphatic carbocycles. The normalized spacial score (nSPS) is 9.78. The summed E-state index contributed by atoms with van der Waals surface area (Å²) in [7, 11) is 0. The predicted molar refractivity (Wildman–Crippen MR) is 66.0 cm³/mol. The summed E-state index contributed by atoms with van der Waals surface area (Å²) in [6, 6.07) is 0. The van der Waals surface area contributed by atoms with Crippen LogP contribution in [-0.2, 0) is 23.9 Å². The van der Waals surface area contributed by atoms with Gasteiger partial charge in [-0.25, -0.2) is 0 Å². The quantitative estimate of drug-likeness (QED) is 0.352. The van der Waals surface area contributed by atoms with Crippen LogP contribution in [0.5, 0.6) is 0 Å². The first kappa shape index (κ1) is 16.6. The lowest BCUT2D eigenvalue weighted by atomic mass is 10.1. The van der Waals surface area contributed by atoms with Crippen LogP contribution in [0.4, 0.5) is 0 Å². The van der Waals surface area contributed by atoms with Gasteiger partial charge in [0.15, 0.2) is 0 Å². The summed E-state index contributed by atoms with van der Waals surface area (Å²) < 4.78 is 9.10. The lowest BCUT2D eigenvalue weighted by molar-refractivity contribution is -0.129. The van der Waals surface area contributed by atoms with E-state index in [-0.39, 0.29) is 5.78 Å². The molecule has 0 aromatic rings. The fourth-order valence-electron chi connectivity index (χ4n) is 1.59. The molecule has 0 unspecified atom stereocenters. The van der Waals surface area contributed by atoms with Crippen LogP contribution < -0.4 is 0 Å². The molecule has 0 rings (SSSR count). The largest absolute Gasteiger partial charge is 0.468 e. The Morgan fingerprint density at radius 1 is 0.722 bits per heavy atom. The minimum absolute atomic E-state index is 0.280. The fraction of sp³-hybridized carbons (Fsp3) is 0.769. The highest BCUT2D eigenvalue weighted by atomic mass is 16.5. The Morgan fingerprint density at radius 2 is 1.17 bits per heavy atom. The van der Waals surface area contributed by atoms with Crippen LogP contribution >= 0.6 is 0 Å². The molecule has 0 aromatic carbocycles. The van der Waals surface area contributed by atoms with Crippen LogP contribution in [0.25, 0.3) is 0 Å². The van der Waals surface area contributed by atoms with Crippen LogP contribution in [0, 0.1) is 0 Å². The Bertz CT molecular complexity index is 205. The average molecular weight is 258 g/mol. The molecule has 0 radical (unpaired) electrons.